The number of hydrogen-bond acceptors (Lipinski definition) is 4. The number of nitrogens with zero attached hydrogens (tertiary/aromatic N) is 3. The second-order valence-corrected chi connectivity index (χ2v) is 9.18. The lowest BCUT2D eigenvalue weighted by Crippen LogP contribution is -2.31. The summed E-state index contributed by atoms with van der Waals surface area (Å²) in [6.07, 6.45) is 3.08. The molecule has 0 N–H and O–H groups in total. The molecule has 0 radical (unpaired) electrons. The SMILES string of the molecule is CC(C)(C)c1ncc2c(n1)CN(Cc1ccc(-c3ccccc3)s1)CC2. The van der Waals surface area contributed by atoms with E-state index in [1.165, 1.54) is 26.6 Å². The molecule has 0 spiro atoms. The van der Waals surface area contributed by atoms with Crippen molar-refractivity contribution in [3.05, 3.63) is 70.6 Å². The summed E-state index contributed by atoms with van der Waals surface area (Å²) in [6.45, 7) is 9.50. The molecule has 0 aliphatic carbocycles. The molecule has 0 atom stereocenters. The molecular formula is C22H25N3S. The number of rotatable bonds is 3. The van der Waals surface area contributed by atoms with Crippen molar-refractivity contribution in [2.45, 2.75) is 45.7 Å². The van der Waals surface area contributed by atoms with Gasteiger partial charge in [0.1, 0.15) is 5.82 Å². The predicted octanol–water partition coefficient (Wildman–Crippen LogP) is 5.06. The number of aromatic nitrogens is 2. The molecule has 3 aromatic rings. The number of benzene rings is 1. The van der Waals surface area contributed by atoms with Crippen LogP contribution < -0.4 is 0 Å². The molecule has 3 heterocycles. The monoisotopic (exact) mass is 363 g/mol. The van der Waals surface area contributed by atoms with Crippen LogP contribution >= 0.6 is 11.3 Å². The van der Waals surface area contributed by atoms with Crippen LogP contribution in [-0.4, -0.2) is 21.4 Å². The van der Waals surface area contributed by atoms with Gasteiger partial charge in [0.25, 0.3) is 0 Å². The maximum atomic E-state index is 4.88. The van der Waals surface area contributed by atoms with Crippen molar-refractivity contribution in [1.29, 1.82) is 0 Å². The lowest BCUT2D eigenvalue weighted by molar-refractivity contribution is 0.242. The Hall–Kier alpha value is -2.04. The number of hydrogen-bond donors (Lipinski definition) is 0. The van der Waals surface area contributed by atoms with Crippen LogP contribution in [0.25, 0.3) is 10.4 Å². The zero-order valence-corrected chi connectivity index (χ0v) is 16.5. The fourth-order valence-electron chi connectivity index (χ4n) is 3.29. The average molecular weight is 364 g/mol. The van der Waals surface area contributed by atoms with Crippen LogP contribution in [0.4, 0.5) is 0 Å². The highest BCUT2D eigenvalue weighted by Crippen LogP contribution is 2.30. The first-order valence-electron chi connectivity index (χ1n) is 9.21. The summed E-state index contributed by atoms with van der Waals surface area (Å²) in [5.74, 6) is 0.945. The Morgan fingerprint density at radius 3 is 2.65 bits per heavy atom. The molecule has 0 unspecified atom stereocenters. The first-order chi connectivity index (χ1) is 12.5. The molecule has 26 heavy (non-hydrogen) atoms. The molecule has 1 aromatic carbocycles. The van der Waals surface area contributed by atoms with Crippen LogP contribution in [0.3, 0.4) is 0 Å². The van der Waals surface area contributed by atoms with E-state index in [-0.39, 0.29) is 5.41 Å². The Labute approximate surface area is 159 Å². The topological polar surface area (TPSA) is 29.0 Å². The molecule has 0 saturated heterocycles. The molecule has 4 heteroatoms. The van der Waals surface area contributed by atoms with E-state index in [0.717, 1.165) is 31.9 Å². The Morgan fingerprint density at radius 2 is 1.88 bits per heavy atom. The lowest BCUT2D eigenvalue weighted by atomic mass is 9.95. The number of thiophene rings is 1. The van der Waals surface area contributed by atoms with Gasteiger partial charge in [0.2, 0.25) is 0 Å². The van der Waals surface area contributed by atoms with Crippen LogP contribution in [-0.2, 0) is 24.9 Å². The van der Waals surface area contributed by atoms with Gasteiger partial charge in [-0.2, -0.15) is 0 Å². The Balaban J connectivity index is 1.49. The van der Waals surface area contributed by atoms with Crippen molar-refractivity contribution in [3.63, 3.8) is 0 Å². The molecule has 1 aliphatic rings. The largest absolute Gasteiger partial charge is 0.292 e. The minimum atomic E-state index is -0.00432. The highest BCUT2D eigenvalue weighted by atomic mass is 32.1. The van der Waals surface area contributed by atoms with Gasteiger partial charge in [-0.3, -0.25) is 4.90 Å². The van der Waals surface area contributed by atoms with Gasteiger partial charge in [-0.1, -0.05) is 51.1 Å². The van der Waals surface area contributed by atoms with E-state index >= 15 is 0 Å². The predicted molar refractivity (Wildman–Crippen MR) is 108 cm³/mol. The Morgan fingerprint density at radius 1 is 1.08 bits per heavy atom. The standard InChI is InChI=1S/C22H25N3S/c1-22(2,3)21-23-13-17-11-12-25(15-19(17)24-21)14-18-9-10-20(26-18)16-7-5-4-6-8-16/h4-10,13H,11-12,14-15H2,1-3H3. The maximum Gasteiger partial charge on any atom is 0.133 e. The van der Waals surface area contributed by atoms with Crippen molar-refractivity contribution in [3.8, 4) is 10.4 Å². The number of fused-ring (bicyclic) bond motifs is 1. The average Bonchev–Trinajstić information content (AvgIpc) is 3.09. The van der Waals surface area contributed by atoms with Crippen molar-refractivity contribution in [2.24, 2.45) is 0 Å². The van der Waals surface area contributed by atoms with E-state index in [9.17, 15) is 0 Å². The van der Waals surface area contributed by atoms with Gasteiger partial charge in [0.05, 0.1) is 5.69 Å². The summed E-state index contributed by atoms with van der Waals surface area (Å²) in [7, 11) is 0. The van der Waals surface area contributed by atoms with Crippen molar-refractivity contribution >= 4 is 11.3 Å². The third-order valence-electron chi connectivity index (χ3n) is 4.80. The molecule has 3 nitrogen and oxygen atoms in total. The molecule has 0 saturated carbocycles. The molecule has 0 bridgehead atoms. The first-order valence-corrected chi connectivity index (χ1v) is 10.0. The van der Waals surface area contributed by atoms with E-state index in [0.29, 0.717) is 0 Å². The molecule has 134 valence electrons. The van der Waals surface area contributed by atoms with E-state index in [1.54, 1.807) is 0 Å². The van der Waals surface area contributed by atoms with Crippen molar-refractivity contribution in [1.82, 2.24) is 14.9 Å². The molecule has 4 rings (SSSR count). The van der Waals surface area contributed by atoms with Crippen molar-refractivity contribution < 1.29 is 0 Å². The van der Waals surface area contributed by atoms with Gasteiger partial charge in [-0.25, -0.2) is 9.97 Å². The second kappa shape index (κ2) is 6.93. The first kappa shape index (κ1) is 17.4. The summed E-state index contributed by atoms with van der Waals surface area (Å²) in [4.78, 5) is 14.7. The van der Waals surface area contributed by atoms with Gasteiger partial charge in [-0.15, -0.1) is 11.3 Å². The Kier molecular flexibility index (Phi) is 4.63. The fourth-order valence-corrected chi connectivity index (χ4v) is 4.35. The lowest BCUT2D eigenvalue weighted by Gasteiger charge is -2.28. The molecule has 2 aromatic heterocycles. The van der Waals surface area contributed by atoms with Gasteiger partial charge in [0, 0.05) is 41.0 Å². The van der Waals surface area contributed by atoms with Gasteiger partial charge in [0.15, 0.2) is 0 Å². The van der Waals surface area contributed by atoms with Gasteiger partial charge in [-0.05, 0) is 29.7 Å². The fraction of sp³-hybridized carbons (Fsp3) is 0.364. The summed E-state index contributed by atoms with van der Waals surface area (Å²) in [5, 5.41) is 0. The third kappa shape index (κ3) is 3.71. The van der Waals surface area contributed by atoms with Crippen LogP contribution in [0.15, 0.2) is 48.7 Å². The van der Waals surface area contributed by atoms with E-state index in [2.05, 4.69) is 73.1 Å². The quantitative estimate of drug-likeness (QED) is 0.651. The van der Waals surface area contributed by atoms with E-state index in [1.807, 2.05) is 17.5 Å². The second-order valence-electron chi connectivity index (χ2n) is 8.01. The minimum Gasteiger partial charge on any atom is -0.292 e. The zero-order valence-electron chi connectivity index (χ0n) is 15.7. The molecule has 1 aliphatic heterocycles. The van der Waals surface area contributed by atoms with Crippen LogP contribution in [0.1, 0.15) is 42.7 Å². The van der Waals surface area contributed by atoms with E-state index < -0.39 is 0 Å². The minimum absolute atomic E-state index is 0.00432. The Bertz CT molecular complexity index is 893. The van der Waals surface area contributed by atoms with Crippen molar-refractivity contribution in [2.75, 3.05) is 6.54 Å². The summed E-state index contributed by atoms with van der Waals surface area (Å²) in [6, 6.07) is 15.1. The van der Waals surface area contributed by atoms with Gasteiger partial charge >= 0.3 is 0 Å². The molecule has 0 fully saturated rings. The smallest absolute Gasteiger partial charge is 0.133 e. The zero-order chi connectivity index (χ0) is 18.1. The van der Waals surface area contributed by atoms with E-state index in [4.69, 9.17) is 4.98 Å². The van der Waals surface area contributed by atoms with Gasteiger partial charge < -0.3 is 0 Å². The highest BCUT2D eigenvalue weighted by molar-refractivity contribution is 7.15. The van der Waals surface area contributed by atoms with Crippen LogP contribution in [0.5, 0.6) is 0 Å². The summed E-state index contributed by atoms with van der Waals surface area (Å²) >= 11 is 1.89. The highest BCUT2D eigenvalue weighted by Gasteiger charge is 2.23. The molecular weight excluding hydrogens is 338 g/mol. The molecule has 0 amide bonds. The summed E-state index contributed by atoms with van der Waals surface area (Å²) < 4.78 is 0. The van der Waals surface area contributed by atoms with Crippen LogP contribution in [0.2, 0.25) is 0 Å². The van der Waals surface area contributed by atoms with Crippen LogP contribution in [0, 0.1) is 0 Å². The maximum absolute atomic E-state index is 4.88. The normalized spacial score (nSPS) is 15.0. The third-order valence-corrected chi connectivity index (χ3v) is 5.91. The summed E-state index contributed by atoms with van der Waals surface area (Å²) in [5.41, 5.74) is 3.81.